The van der Waals surface area contributed by atoms with Crippen LogP contribution in [0, 0.1) is 11.3 Å². The van der Waals surface area contributed by atoms with Crippen molar-refractivity contribution in [1.29, 1.82) is 5.26 Å². The van der Waals surface area contributed by atoms with E-state index in [0.29, 0.717) is 29.5 Å². The molecule has 0 saturated heterocycles. The molecule has 1 amide bonds. The first kappa shape index (κ1) is 19.0. The molecule has 134 valence electrons. The maximum absolute atomic E-state index is 12.2. The van der Waals surface area contributed by atoms with Crippen LogP contribution >= 0.6 is 0 Å². The largest absolute Gasteiger partial charge is 0.493 e. The predicted octanol–water partition coefficient (Wildman–Crippen LogP) is 3.81. The average Bonchev–Trinajstić information content (AvgIpc) is 2.67. The molecule has 6 heteroatoms. The highest BCUT2D eigenvalue weighted by Crippen LogP contribution is 2.29. The highest BCUT2D eigenvalue weighted by atomic mass is 16.5. The standard InChI is InChI=1S/C20H21N3O3/c1-3-4-11-26-17-9-8-15(13-18(17)25-2)12-16(14-21)20(24)23-19-7-5-6-10-22-19/h5-10,12-13H,3-4,11H2,1-2H3,(H,22,23,24)/b16-12+. The molecule has 0 unspecified atom stereocenters. The SMILES string of the molecule is CCCCOc1ccc(/C=C(\C#N)C(=O)Nc2ccccn2)cc1OC. The van der Waals surface area contributed by atoms with E-state index in [0.717, 1.165) is 12.8 Å². The molecule has 2 aromatic rings. The van der Waals surface area contributed by atoms with Gasteiger partial charge in [0.1, 0.15) is 17.5 Å². The van der Waals surface area contributed by atoms with E-state index in [2.05, 4.69) is 17.2 Å². The number of carbonyl (C=O) groups is 1. The second kappa shape index (κ2) is 9.84. The van der Waals surface area contributed by atoms with E-state index in [1.54, 1.807) is 49.7 Å². The number of unbranched alkanes of at least 4 members (excludes halogenated alkanes) is 1. The van der Waals surface area contributed by atoms with Gasteiger partial charge < -0.3 is 14.8 Å². The first-order valence-corrected chi connectivity index (χ1v) is 8.33. The lowest BCUT2D eigenvalue weighted by Crippen LogP contribution is -2.14. The second-order valence-corrected chi connectivity index (χ2v) is 5.45. The number of nitrogens with one attached hydrogen (secondary N) is 1. The average molecular weight is 351 g/mol. The van der Waals surface area contributed by atoms with Crippen LogP contribution in [-0.2, 0) is 4.79 Å². The second-order valence-electron chi connectivity index (χ2n) is 5.45. The van der Waals surface area contributed by atoms with Crippen LogP contribution in [0.25, 0.3) is 6.08 Å². The van der Waals surface area contributed by atoms with Gasteiger partial charge in [-0.3, -0.25) is 4.79 Å². The molecular weight excluding hydrogens is 330 g/mol. The lowest BCUT2D eigenvalue weighted by Gasteiger charge is -2.11. The number of nitrogens with zero attached hydrogens (tertiary/aromatic N) is 2. The van der Waals surface area contributed by atoms with Crippen molar-refractivity contribution >= 4 is 17.8 Å². The number of aromatic nitrogens is 1. The number of anilines is 1. The van der Waals surface area contributed by atoms with Crippen molar-refractivity contribution in [2.75, 3.05) is 19.0 Å². The lowest BCUT2D eigenvalue weighted by atomic mass is 10.1. The van der Waals surface area contributed by atoms with Gasteiger partial charge in [-0.25, -0.2) is 4.98 Å². The van der Waals surface area contributed by atoms with Crippen molar-refractivity contribution in [3.05, 3.63) is 53.7 Å². The molecule has 0 aliphatic carbocycles. The Morgan fingerprint density at radius 1 is 1.31 bits per heavy atom. The molecule has 1 aromatic carbocycles. The number of amides is 1. The zero-order chi connectivity index (χ0) is 18.8. The quantitative estimate of drug-likeness (QED) is 0.444. The number of rotatable bonds is 8. The first-order valence-electron chi connectivity index (χ1n) is 8.33. The van der Waals surface area contributed by atoms with Gasteiger partial charge in [0.05, 0.1) is 13.7 Å². The van der Waals surface area contributed by atoms with Crippen LogP contribution in [0.2, 0.25) is 0 Å². The van der Waals surface area contributed by atoms with Gasteiger partial charge in [0.15, 0.2) is 11.5 Å². The Hall–Kier alpha value is -3.33. The van der Waals surface area contributed by atoms with Gasteiger partial charge in [0, 0.05) is 6.20 Å². The van der Waals surface area contributed by atoms with Crippen LogP contribution in [0.15, 0.2) is 48.2 Å². The Balaban J connectivity index is 2.17. The van der Waals surface area contributed by atoms with Crippen molar-refractivity contribution in [1.82, 2.24) is 4.98 Å². The van der Waals surface area contributed by atoms with Gasteiger partial charge in [-0.2, -0.15) is 5.26 Å². The van der Waals surface area contributed by atoms with Crippen LogP contribution in [0.3, 0.4) is 0 Å². The third-order valence-corrected chi connectivity index (χ3v) is 3.53. The molecule has 0 spiro atoms. The number of nitriles is 1. The van der Waals surface area contributed by atoms with E-state index in [-0.39, 0.29) is 5.57 Å². The number of ether oxygens (including phenoxy) is 2. The molecule has 6 nitrogen and oxygen atoms in total. The zero-order valence-corrected chi connectivity index (χ0v) is 14.9. The Labute approximate surface area is 153 Å². The molecular formula is C20H21N3O3. The van der Waals surface area contributed by atoms with E-state index in [1.807, 2.05) is 6.07 Å². The third-order valence-electron chi connectivity index (χ3n) is 3.53. The van der Waals surface area contributed by atoms with Gasteiger partial charge in [-0.1, -0.05) is 25.5 Å². The van der Waals surface area contributed by atoms with E-state index in [4.69, 9.17) is 9.47 Å². The summed E-state index contributed by atoms with van der Waals surface area (Å²) in [4.78, 5) is 16.3. The molecule has 0 bridgehead atoms. The fourth-order valence-electron chi connectivity index (χ4n) is 2.16. The Morgan fingerprint density at radius 3 is 2.81 bits per heavy atom. The van der Waals surface area contributed by atoms with Crippen molar-refractivity contribution in [3.63, 3.8) is 0 Å². The summed E-state index contributed by atoms with van der Waals surface area (Å²) < 4.78 is 11.0. The molecule has 0 aliphatic heterocycles. The number of pyridine rings is 1. The van der Waals surface area contributed by atoms with Crippen LogP contribution in [0.1, 0.15) is 25.3 Å². The zero-order valence-electron chi connectivity index (χ0n) is 14.9. The minimum Gasteiger partial charge on any atom is -0.493 e. The van der Waals surface area contributed by atoms with Crippen LogP contribution < -0.4 is 14.8 Å². The van der Waals surface area contributed by atoms with Crippen molar-refractivity contribution in [2.24, 2.45) is 0 Å². The van der Waals surface area contributed by atoms with Crippen LogP contribution in [-0.4, -0.2) is 24.6 Å². The summed E-state index contributed by atoms with van der Waals surface area (Å²) in [5, 5.41) is 11.9. The molecule has 26 heavy (non-hydrogen) atoms. The number of carbonyl (C=O) groups excluding carboxylic acids is 1. The van der Waals surface area contributed by atoms with E-state index >= 15 is 0 Å². The fourth-order valence-corrected chi connectivity index (χ4v) is 2.16. The summed E-state index contributed by atoms with van der Waals surface area (Å²) in [6.07, 6.45) is 5.06. The molecule has 1 N–H and O–H groups in total. The summed E-state index contributed by atoms with van der Waals surface area (Å²) in [5.74, 6) is 1.05. The lowest BCUT2D eigenvalue weighted by molar-refractivity contribution is -0.112. The van der Waals surface area contributed by atoms with Crippen molar-refractivity contribution < 1.29 is 14.3 Å². The molecule has 1 aromatic heterocycles. The summed E-state index contributed by atoms with van der Waals surface area (Å²) in [6.45, 7) is 2.70. The van der Waals surface area contributed by atoms with E-state index in [1.165, 1.54) is 6.08 Å². The smallest absolute Gasteiger partial charge is 0.267 e. The Morgan fingerprint density at radius 2 is 2.15 bits per heavy atom. The number of hydrogen-bond donors (Lipinski definition) is 1. The Kier molecular flexibility index (Phi) is 7.19. The van der Waals surface area contributed by atoms with Gasteiger partial charge in [0.2, 0.25) is 0 Å². The maximum atomic E-state index is 12.2. The van der Waals surface area contributed by atoms with Gasteiger partial charge in [-0.05, 0) is 42.3 Å². The monoisotopic (exact) mass is 351 g/mol. The molecule has 0 saturated carbocycles. The van der Waals surface area contributed by atoms with Crippen molar-refractivity contribution in [2.45, 2.75) is 19.8 Å². The number of hydrogen-bond acceptors (Lipinski definition) is 5. The number of methoxy groups -OCH3 is 1. The highest BCUT2D eigenvalue weighted by molar-refractivity contribution is 6.09. The fraction of sp³-hybridized carbons (Fsp3) is 0.250. The van der Waals surface area contributed by atoms with Gasteiger partial charge in [-0.15, -0.1) is 0 Å². The molecule has 2 rings (SSSR count). The molecule has 1 heterocycles. The molecule has 0 fully saturated rings. The maximum Gasteiger partial charge on any atom is 0.267 e. The minimum absolute atomic E-state index is 0.0302. The van der Waals surface area contributed by atoms with Crippen LogP contribution in [0.4, 0.5) is 5.82 Å². The number of benzene rings is 1. The molecule has 0 atom stereocenters. The normalized spacial score (nSPS) is 10.7. The highest BCUT2D eigenvalue weighted by Gasteiger charge is 2.11. The summed E-state index contributed by atoms with van der Waals surface area (Å²) in [6, 6.07) is 12.3. The Bertz CT molecular complexity index is 811. The van der Waals surface area contributed by atoms with E-state index < -0.39 is 5.91 Å². The summed E-state index contributed by atoms with van der Waals surface area (Å²) in [5.41, 5.74) is 0.634. The van der Waals surface area contributed by atoms with Crippen LogP contribution in [0.5, 0.6) is 11.5 Å². The topological polar surface area (TPSA) is 84.2 Å². The van der Waals surface area contributed by atoms with Gasteiger partial charge >= 0.3 is 0 Å². The van der Waals surface area contributed by atoms with E-state index in [9.17, 15) is 10.1 Å². The molecule has 0 aliphatic rings. The summed E-state index contributed by atoms with van der Waals surface area (Å²) in [7, 11) is 1.55. The van der Waals surface area contributed by atoms with Gasteiger partial charge in [0.25, 0.3) is 5.91 Å². The predicted molar refractivity (Wildman–Crippen MR) is 99.9 cm³/mol. The third kappa shape index (κ3) is 5.35. The molecule has 0 radical (unpaired) electrons. The summed E-state index contributed by atoms with van der Waals surface area (Å²) >= 11 is 0. The first-order chi connectivity index (χ1) is 12.7. The van der Waals surface area contributed by atoms with Crippen molar-refractivity contribution in [3.8, 4) is 17.6 Å². The minimum atomic E-state index is -0.520.